The van der Waals surface area contributed by atoms with Crippen molar-refractivity contribution in [3.05, 3.63) is 0 Å². The maximum atomic E-state index is 12.6. The van der Waals surface area contributed by atoms with E-state index in [1.54, 1.807) is 0 Å². The zero-order chi connectivity index (χ0) is 45.4. The molecule has 6 nitrogen and oxygen atoms in total. The Morgan fingerprint density at radius 1 is 0.339 bits per heavy atom. The third-order valence-corrected chi connectivity index (χ3v) is 13.4. The van der Waals surface area contributed by atoms with Gasteiger partial charge in [0.25, 0.3) is 0 Å². The van der Waals surface area contributed by atoms with Gasteiger partial charge in [-0.05, 0) is 90.4 Å². The summed E-state index contributed by atoms with van der Waals surface area (Å²) in [5.41, 5.74) is 0. The number of carbonyl (C=O) groups is 2. The van der Waals surface area contributed by atoms with Crippen molar-refractivity contribution in [2.75, 3.05) is 53.5 Å². The van der Waals surface area contributed by atoms with E-state index < -0.39 is 0 Å². The minimum atomic E-state index is 0.0312. The van der Waals surface area contributed by atoms with Gasteiger partial charge in [-0.25, -0.2) is 0 Å². The summed E-state index contributed by atoms with van der Waals surface area (Å²) in [7, 11) is 4.37. The Balaban J connectivity index is 4.10. The average Bonchev–Trinajstić information content (AvgIpc) is 3.26. The van der Waals surface area contributed by atoms with Crippen molar-refractivity contribution < 1.29 is 19.1 Å². The monoisotopic (exact) mass is 877 g/mol. The van der Waals surface area contributed by atoms with E-state index in [9.17, 15) is 9.59 Å². The molecule has 0 saturated heterocycles. The molecule has 0 radical (unpaired) electrons. The normalized spacial score (nSPS) is 12.7. The highest BCUT2D eigenvalue weighted by atomic mass is 16.5. The second kappa shape index (κ2) is 49.3. The molecular formula is C56H112N2O4. The van der Waals surface area contributed by atoms with Crippen LogP contribution in [0.25, 0.3) is 0 Å². The second-order valence-corrected chi connectivity index (χ2v) is 20.0. The summed E-state index contributed by atoms with van der Waals surface area (Å²) in [5.74, 6) is 1.17. The van der Waals surface area contributed by atoms with Crippen LogP contribution in [0.5, 0.6) is 0 Å². The average molecular weight is 878 g/mol. The Morgan fingerprint density at radius 3 is 0.935 bits per heavy atom. The Hall–Kier alpha value is -1.14. The van der Waals surface area contributed by atoms with Crippen LogP contribution in [-0.2, 0) is 19.1 Å². The molecule has 0 rings (SSSR count). The molecule has 0 bridgehead atoms. The summed E-state index contributed by atoms with van der Waals surface area (Å²) < 4.78 is 11.6. The standard InChI is InChI=1S/C56H112N2O4/c1-7-11-15-19-27-35-43-53(41-33-17-13-9-3)51-61-55(59)45-37-29-23-21-25-31-39-47-58(50-49-57(5)6)48-40-32-26-22-24-30-38-46-56(60)62-52-54(42-34-18-14-10-4)44-36-28-20-16-12-8-2/h53-54H,7-52H2,1-6H3. The lowest BCUT2D eigenvalue weighted by molar-refractivity contribution is -0.146. The first-order valence-electron chi connectivity index (χ1n) is 28.0. The van der Waals surface area contributed by atoms with Gasteiger partial charge in [-0.15, -0.1) is 0 Å². The van der Waals surface area contributed by atoms with E-state index in [1.165, 1.54) is 231 Å². The fraction of sp³-hybridized carbons (Fsp3) is 0.964. The lowest BCUT2D eigenvalue weighted by Gasteiger charge is -2.24. The molecule has 0 aliphatic rings. The molecule has 0 saturated carbocycles. The van der Waals surface area contributed by atoms with Crippen LogP contribution in [0.3, 0.4) is 0 Å². The van der Waals surface area contributed by atoms with Crippen molar-refractivity contribution in [3.8, 4) is 0 Å². The van der Waals surface area contributed by atoms with Crippen LogP contribution in [-0.4, -0.2) is 75.2 Å². The van der Waals surface area contributed by atoms with E-state index in [0.717, 1.165) is 38.8 Å². The molecule has 0 aromatic carbocycles. The Labute approximate surface area is 389 Å². The third kappa shape index (κ3) is 45.4. The summed E-state index contributed by atoms with van der Waals surface area (Å²) in [4.78, 5) is 30.1. The smallest absolute Gasteiger partial charge is 0.305 e. The van der Waals surface area contributed by atoms with Gasteiger partial charge in [0.2, 0.25) is 0 Å². The van der Waals surface area contributed by atoms with Crippen molar-refractivity contribution >= 4 is 11.9 Å². The first-order chi connectivity index (χ1) is 30.4. The van der Waals surface area contributed by atoms with Crippen molar-refractivity contribution in [2.24, 2.45) is 11.8 Å². The molecule has 62 heavy (non-hydrogen) atoms. The number of nitrogens with zero attached hydrogens (tertiary/aromatic N) is 2. The minimum Gasteiger partial charge on any atom is -0.465 e. The van der Waals surface area contributed by atoms with Gasteiger partial charge in [0.15, 0.2) is 0 Å². The first-order valence-corrected chi connectivity index (χ1v) is 28.0. The summed E-state index contributed by atoms with van der Waals surface area (Å²) in [6, 6.07) is 0. The van der Waals surface area contributed by atoms with E-state index in [-0.39, 0.29) is 11.9 Å². The van der Waals surface area contributed by atoms with Crippen LogP contribution < -0.4 is 0 Å². The predicted molar refractivity (Wildman–Crippen MR) is 271 cm³/mol. The number of ether oxygens (including phenoxy) is 2. The summed E-state index contributed by atoms with van der Waals surface area (Å²) >= 11 is 0. The molecule has 0 aromatic heterocycles. The van der Waals surface area contributed by atoms with Gasteiger partial charge in [-0.2, -0.15) is 0 Å². The fourth-order valence-electron chi connectivity index (χ4n) is 8.99. The van der Waals surface area contributed by atoms with Crippen LogP contribution in [0, 0.1) is 11.8 Å². The lowest BCUT2D eigenvalue weighted by Crippen LogP contribution is -2.33. The molecule has 0 aromatic rings. The number of esters is 2. The molecule has 0 heterocycles. The molecule has 6 heteroatoms. The molecule has 370 valence electrons. The molecule has 0 spiro atoms. The SMILES string of the molecule is CCCCCCCCC(CCCCCC)COC(=O)CCCCCCCCCN(CCCCCCCCCC(=O)OCC(CCCCCC)CCCCCCCC)CCN(C)C. The van der Waals surface area contributed by atoms with E-state index in [4.69, 9.17) is 9.47 Å². The summed E-state index contributed by atoms with van der Waals surface area (Å²) in [6.07, 6.45) is 49.6. The number of rotatable bonds is 51. The zero-order valence-corrected chi connectivity index (χ0v) is 43.2. The van der Waals surface area contributed by atoms with E-state index in [0.29, 0.717) is 37.9 Å². The fourth-order valence-corrected chi connectivity index (χ4v) is 8.99. The highest BCUT2D eigenvalue weighted by Crippen LogP contribution is 2.22. The number of unbranched alkanes of at least 4 members (excludes halogenated alkanes) is 28. The highest BCUT2D eigenvalue weighted by molar-refractivity contribution is 5.69. The largest absolute Gasteiger partial charge is 0.465 e. The van der Waals surface area contributed by atoms with Crippen molar-refractivity contribution in [1.82, 2.24) is 9.80 Å². The highest BCUT2D eigenvalue weighted by Gasteiger charge is 2.14. The number of carbonyl (C=O) groups excluding carboxylic acids is 2. The predicted octanol–water partition coefficient (Wildman–Crippen LogP) is 16.9. The van der Waals surface area contributed by atoms with Gasteiger partial charge in [-0.3, -0.25) is 9.59 Å². The van der Waals surface area contributed by atoms with Crippen molar-refractivity contribution in [3.63, 3.8) is 0 Å². The maximum Gasteiger partial charge on any atom is 0.305 e. The van der Waals surface area contributed by atoms with Crippen LogP contribution in [0.4, 0.5) is 0 Å². The van der Waals surface area contributed by atoms with E-state index in [1.807, 2.05) is 0 Å². The first kappa shape index (κ1) is 60.9. The van der Waals surface area contributed by atoms with Gasteiger partial charge >= 0.3 is 11.9 Å². The van der Waals surface area contributed by atoms with Crippen molar-refractivity contribution in [2.45, 2.75) is 285 Å². The van der Waals surface area contributed by atoms with Crippen molar-refractivity contribution in [1.29, 1.82) is 0 Å². The van der Waals surface area contributed by atoms with Crippen LogP contribution in [0.15, 0.2) is 0 Å². The van der Waals surface area contributed by atoms with E-state index in [2.05, 4.69) is 51.6 Å². The molecule has 0 aliphatic heterocycles. The number of hydrogen-bond acceptors (Lipinski definition) is 6. The van der Waals surface area contributed by atoms with E-state index >= 15 is 0 Å². The lowest BCUT2D eigenvalue weighted by atomic mass is 9.95. The second-order valence-electron chi connectivity index (χ2n) is 20.0. The number of likely N-dealkylation sites (N-methyl/N-ethyl adjacent to an activating group) is 1. The molecule has 2 atom stereocenters. The molecular weight excluding hydrogens is 765 g/mol. The van der Waals surface area contributed by atoms with Crippen LogP contribution in [0.1, 0.15) is 285 Å². The van der Waals surface area contributed by atoms with Crippen LogP contribution >= 0.6 is 0 Å². The Morgan fingerprint density at radius 2 is 0.613 bits per heavy atom. The van der Waals surface area contributed by atoms with Gasteiger partial charge in [0.1, 0.15) is 0 Å². The quantitative estimate of drug-likeness (QED) is 0.0448. The minimum absolute atomic E-state index is 0.0312. The van der Waals surface area contributed by atoms with Gasteiger partial charge < -0.3 is 19.3 Å². The van der Waals surface area contributed by atoms with Gasteiger partial charge in [0.05, 0.1) is 13.2 Å². The molecule has 0 N–H and O–H groups in total. The number of hydrogen-bond donors (Lipinski definition) is 0. The third-order valence-electron chi connectivity index (χ3n) is 13.4. The Bertz CT molecular complexity index is 846. The summed E-state index contributed by atoms with van der Waals surface area (Å²) in [6.45, 7) is 15.1. The van der Waals surface area contributed by atoms with Gasteiger partial charge in [0, 0.05) is 25.9 Å². The zero-order valence-electron chi connectivity index (χ0n) is 43.2. The molecule has 2 unspecified atom stereocenters. The Kier molecular flexibility index (Phi) is 48.4. The topological polar surface area (TPSA) is 59.1 Å². The van der Waals surface area contributed by atoms with Gasteiger partial charge in [-0.1, -0.05) is 220 Å². The summed E-state index contributed by atoms with van der Waals surface area (Å²) in [5, 5.41) is 0. The molecule has 0 fully saturated rings. The maximum absolute atomic E-state index is 12.6. The van der Waals surface area contributed by atoms with Crippen LogP contribution in [0.2, 0.25) is 0 Å². The molecule has 0 aliphatic carbocycles. The molecule has 0 amide bonds.